The quantitative estimate of drug-likeness (QED) is 0.559. The Morgan fingerprint density at radius 1 is 1.11 bits per heavy atom. The first-order chi connectivity index (χ1) is 9.17. The summed E-state index contributed by atoms with van der Waals surface area (Å²) in [5, 5.41) is 5.88. The lowest BCUT2D eigenvalue weighted by Gasteiger charge is -2.06. The van der Waals surface area contributed by atoms with Crippen LogP contribution < -0.4 is 10.6 Å². The molecule has 0 aliphatic heterocycles. The fourth-order valence-corrected chi connectivity index (χ4v) is 1.75. The van der Waals surface area contributed by atoms with Crippen LogP contribution in [-0.4, -0.2) is 25.3 Å². The van der Waals surface area contributed by atoms with Crippen molar-refractivity contribution in [2.24, 2.45) is 0 Å². The number of Topliss-reactive ketones (excluding diaryl/α,β-unsaturated/α-hetero) is 1. The van der Waals surface area contributed by atoms with Crippen molar-refractivity contribution in [2.75, 3.05) is 18.9 Å². The Morgan fingerprint density at radius 3 is 2.37 bits per heavy atom. The van der Waals surface area contributed by atoms with Gasteiger partial charge in [0.25, 0.3) is 0 Å². The van der Waals surface area contributed by atoms with E-state index in [0.717, 1.165) is 25.1 Å². The first-order valence-corrected chi connectivity index (χ1v) is 6.75. The van der Waals surface area contributed by atoms with Gasteiger partial charge in [0.15, 0.2) is 5.78 Å². The van der Waals surface area contributed by atoms with Gasteiger partial charge in [-0.05, 0) is 50.7 Å². The standard InChI is InChI=1S/C15H22N2O2/c1-3-14(18)12-7-9-13(10-8-12)17-15(19)6-4-5-11-16-2/h7-10,16H,3-6,11H2,1-2H3,(H,17,19). The van der Waals surface area contributed by atoms with Gasteiger partial charge in [0.05, 0.1) is 0 Å². The molecule has 0 spiro atoms. The number of unbranched alkanes of at least 4 members (excludes halogenated alkanes) is 1. The van der Waals surface area contributed by atoms with Crippen LogP contribution in [0.4, 0.5) is 5.69 Å². The molecule has 0 bridgehead atoms. The third-order valence-electron chi connectivity index (χ3n) is 2.89. The second-order valence-electron chi connectivity index (χ2n) is 4.46. The van der Waals surface area contributed by atoms with E-state index in [1.54, 1.807) is 24.3 Å². The van der Waals surface area contributed by atoms with Crippen LogP contribution in [-0.2, 0) is 4.79 Å². The summed E-state index contributed by atoms with van der Waals surface area (Å²) in [4.78, 5) is 23.1. The molecule has 1 aromatic rings. The molecule has 0 aromatic heterocycles. The molecule has 0 aliphatic carbocycles. The lowest BCUT2D eigenvalue weighted by Crippen LogP contribution is -2.13. The van der Waals surface area contributed by atoms with Gasteiger partial charge < -0.3 is 10.6 Å². The Hall–Kier alpha value is -1.68. The molecular formula is C15H22N2O2. The Balaban J connectivity index is 2.40. The zero-order chi connectivity index (χ0) is 14.1. The second kappa shape index (κ2) is 8.43. The average molecular weight is 262 g/mol. The molecule has 0 radical (unpaired) electrons. The predicted octanol–water partition coefficient (Wildman–Crippen LogP) is 2.61. The number of hydrogen-bond acceptors (Lipinski definition) is 3. The van der Waals surface area contributed by atoms with E-state index in [1.807, 2.05) is 14.0 Å². The van der Waals surface area contributed by atoms with E-state index < -0.39 is 0 Å². The van der Waals surface area contributed by atoms with E-state index in [1.165, 1.54) is 0 Å². The summed E-state index contributed by atoms with van der Waals surface area (Å²) >= 11 is 0. The van der Waals surface area contributed by atoms with Crippen LogP contribution in [0.3, 0.4) is 0 Å². The molecule has 0 saturated carbocycles. The number of benzene rings is 1. The summed E-state index contributed by atoms with van der Waals surface area (Å²) in [6, 6.07) is 7.05. The molecular weight excluding hydrogens is 240 g/mol. The first kappa shape index (κ1) is 15.4. The molecule has 0 unspecified atom stereocenters. The predicted molar refractivity (Wildman–Crippen MR) is 77.5 cm³/mol. The van der Waals surface area contributed by atoms with Crippen LogP contribution in [0.5, 0.6) is 0 Å². The van der Waals surface area contributed by atoms with E-state index in [9.17, 15) is 9.59 Å². The van der Waals surface area contributed by atoms with Crippen molar-refractivity contribution >= 4 is 17.4 Å². The first-order valence-electron chi connectivity index (χ1n) is 6.75. The Labute approximate surface area is 114 Å². The Morgan fingerprint density at radius 2 is 1.79 bits per heavy atom. The van der Waals surface area contributed by atoms with Gasteiger partial charge in [0, 0.05) is 24.1 Å². The van der Waals surface area contributed by atoms with Gasteiger partial charge in [-0.1, -0.05) is 6.92 Å². The fraction of sp³-hybridized carbons (Fsp3) is 0.467. The van der Waals surface area contributed by atoms with E-state index in [2.05, 4.69) is 10.6 Å². The second-order valence-corrected chi connectivity index (χ2v) is 4.46. The van der Waals surface area contributed by atoms with Crippen molar-refractivity contribution in [3.63, 3.8) is 0 Å². The van der Waals surface area contributed by atoms with Crippen molar-refractivity contribution in [3.05, 3.63) is 29.8 Å². The van der Waals surface area contributed by atoms with E-state index in [4.69, 9.17) is 0 Å². The average Bonchev–Trinajstić information content (AvgIpc) is 2.43. The van der Waals surface area contributed by atoms with E-state index in [-0.39, 0.29) is 11.7 Å². The molecule has 19 heavy (non-hydrogen) atoms. The van der Waals surface area contributed by atoms with Crippen LogP contribution in [0.25, 0.3) is 0 Å². The van der Waals surface area contributed by atoms with Crippen LogP contribution in [0.1, 0.15) is 43.0 Å². The minimum Gasteiger partial charge on any atom is -0.326 e. The molecule has 0 aliphatic rings. The normalized spacial score (nSPS) is 10.2. The number of amides is 1. The summed E-state index contributed by atoms with van der Waals surface area (Å²) in [5.74, 6) is 0.135. The molecule has 0 fully saturated rings. The zero-order valence-electron chi connectivity index (χ0n) is 11.7. The van der Waals surface area contributed by atoms with Crippen molar-refractivity contribution in [2.45, 2.75) is 32.6 Å². The summed E-state index contributed by atoms with van der Waals surface area (Å²) in [6.45, 7) is 2.77. The molecule has 4 heteroatoms. The molecule has 1 aromatic carbocycles. The highest BCUT2D eigenvalue weighted by molar-refractivity contribution is 5.97. The molecule has 1 amide bonds. The lowest BCUT2D eigenvalue weighted by atomic mass is 10.1. The fourth-order valence-electron chi connectivity index (χ4n) is 1.75. The third-order valence-corrected chi connectivity index (χ3v) is 2.89. The van der Waals surface area contributed by atoms with Crippen LogP contribution in [0.15, 0.2) is 24.3 Å². The van der Waals surface area contributed by atoms with E-state index in [0.29, 0.717) is 18.4 Å². The minimum absolute atomic E-state index is 0.0191. The van der Waals surface area contributed by atoms with Gasteiger partial charge in [-0.25, -0.2) is 0 Å². The summed E-state index contributed by atoms with van der Waals surface area (Å²) in [7, 11) is 1.90. The minimum atomic E-state index is 0.0191. The van der Waals surface area contributed by atoms with Gasteiger partial charge in [0.2, 0.25) is 5.91 Å². The van der Waals surface area contributed by atoms with Gasteiger partial charge in [0.1, 0.15) is 0 Å². The van der Waals surface area contributed by atoms with E-state index >= 15 is 0 Å². The maximum absolute atomic E-state index is 11.7. The summed E-state index contributed by atoms with van der Waals surface area (Å²) < 4.78 is 0. The van der Waals surface area contributed by atoms with Crippen molar-refractivity contribution in [3.8, 4) is 0 Å². The summed E-state index contributed by atoms with van der Waals surface area (Å²) in [5.41, 5.74) is 1.43. The largest absolute Gasteiger partial charge is 0.326 e. The monoisotopic (exact) mass is 262 g/mol. The number of rotatable bonds is 8. The number of anilines is 1. The highest BCUT2D eigenvalue weighted by Crippen LogP contribution is 2.11. The SMILES string of the molecule is CCC(=O)c1ccc(NC(=O)CCCCNC)cc1. The van der Waals surface area contributed by atoms with Crippen LogP contribution in [0, 0.1) is 0 Å². The van der Waals surface area contributed by atoms with Crippen molar-refractivity contribution in [1.29, 1.82) is 0 Å². The molecule has 2 N–H and O–H groups in total. The van der Waals surface area contributed by atoms with Crippen LogP contribution in [0.2, 0.25) is 0 Å². The smallest absolute Gasteiger partial charge is 0.224 e. The van der Waals surface area contributed by atoms with Gasteiger partial charge in [-0.2, -0.15) is 0 Å². The topological polar surface area (TPSA) is 58.2 Å². The molecule has 104 valence electrons. The highest BCUT2D eigenvalue weighted by Gasteiger charge is 2.04. The van der Waals surface area contributed by atoms with Gasteiger partial charge in [-0.15, -0.1) is 0 Å². The lowest BCUT2D eigenvalue weighted by molar-refractivity contribution is -0.116. The molecule has 0 saturated heterocycles. The number of nitrogens with one attached hydrogen (secondary N) is 2. The Kier molecular flexibility index (Phi) is 6.82. The highest BCUT2D eigenvalue weighted by atomic mass is 16.1. The zero-order valence-corrected chi connectivity index (χ0v) is 11.7. The van der Waals surface area contributed by atoms with Crippen molar-refractivity contribution in [1.82, 2.24) is 5.32 Å². The van der Waals surface area contributed by atoms with Crippen molar-refractivity contribution < 1.29 is 9.59 Å². The molecule has 0 atom stereocenters. The maximum Gasteiger partial charge on any atom is 0.224 e. The number of ketones is 1. The molecule has 4 nitrogen and oxygen atoms in total. The maximum atomic E-state index is 11.7. The molecule has 0 heterocycles. The Bertz CT molecular complexity index is 413. The number of carbonyl (C=O) groups excluding carboxylic acids is 2. The number of carbonyl (C=O) groups is 2. The van der Waals surface area contributed by atoms with Gasteiger partial charge >= 0.3 is 0 Å². The third kappa shape index (κ3) is 5.66. The summed E-state index contributed by atoms with van der Waals surface area (Å²) in [6.07, 6.45) is 2.89. The van der Waals surface area contributed by atoms with Crippen LogP contribution >= 0.6 is 0 Å². The number of hydrogen-bond donors (Lipinski definition) is 2. The van der Waals surface area contributed by atoms with Gasteiger partial charge in [-0.3, -0.25) is 9.59 Å². The molecule has 1 rings (SSSR count).